The van der Waals surface area contributed by atoms with Crippen molar-refractivity contribution in [2.24, 2.45) is 0 Å². The van der Waals surface area contributed by atoms with Crippen molar-refractivity contribution in [2.75, 3.05) is 0 Å². The predicted molar refractivity (Wildman–Crippen MR) is 72.0 cm³/mol. The smallest absolute Gasteiger partial charge is 0.328 e. The van der Waals surface area contributed by atoms with Gasteiger partial charge in [0.05, 0.1) is 5.56 Å². The van der Waals surface area contributed by atoms with Crippen LogP contribution in [0.1, 0.15) is 38.1 Å². The second kappa shape index (κ2) is 6.02. The number of carbonyl (C=O) groups is 2. The zero-order valence-corrected chi connectivity index (χ0v) is 12.1. The highest BCUT2D eigenvalue weighted by atomic mass is 35.5. The Morgan fingerprint density at radius 1 is 1.37 bits per heavy atom. The van der Waals surface area contributed by atoms with Gasteiger partial charge in [0, 0.05) is 6.20 Å². The Hall–Kier alpha value is -1.62. The molecule has 1 amide bonds. The molecular formula is C13H17ClN2O3. The minimum absolute atomic E-state index is 0.303. The van der Waals surface area contributed by atoms with Crippen LogP contribution in [-0.4, -0.2) is 28.5 Å². The van der Waals surface area contributed by atoms with Crippen molar-refractivity contribution in [3.05, 3.63) is 29.0 Å². The molecule has 0 fully saturated rings. The summed E-state index contributed by atoms with van der Waals surface area (Å²) in [7, 11) is 0. The first-order valence-corrected chi connectivity index (χ1v) is 6.22. The van der Waals surface area contributed by atoms with Crippen LogP contribution in [0.5, 0.6) is 0 Å². The molecule has 5 nitrogen and oxygen atoms in total. The zero-order chi connectivity index (χ0) is 14.6. The number of rotatable bonds is 3. The average molecular weight is 285 g/mol. The predicted octanol–water partition coefficient (Wildman–Crippen LogP) is 2.20. The van der Waals surface area contributed by atoms with Crippen LogP contribution in [0.4, 0.5) is 0 Å². The first-order valence-electron chi connectivity index (χ1n) is 5.84. The molecule has 1 aromatic heterocycles. The molecule has 0 aliphatic heterocycles. The topological polar surface area (TPSA) is 68.3 Å². The van der Waals surface area contributed by atoms with Crippen LogP contribution in [-0.2, 0) is 9.53 Å². The molecule has 1 rings (SSSR count). The lowest BCUT2D eigenvalue weighted by molar-refractivity contribution is -0.156. The molecule has 0 aromatic carbocycles. The lowest BCUT2D eigenvalue weighted by Crippen LogP contribution is -2.42. The number of amides is 1. The number of halogens is 1. The molecule has 0 radical (unpaired) electrons. The fraction of sp³-hybridized carbons (Fsp3) is 0.462. The SMILES string of the molecule is C[C@H](NC(=O)c1ccc(Cl)nc1)C(=O)OC(C)(C)C. The van der Waals surface area contributed by atoms with E-state index in [1.807, 2.05) is 0 Å². The maximum Gasteiger partial charge on any atom is 0.328 e. The van der Waals surface area contributed by atoms with Crippen molar-refractivity contribution < 1.29 is 14.3 Å². The largest absolute Gasteiger partial charge is 0.458 e. The van der Waals surface area contributed by atoms with Crippen LogP contribution in [0.25, 0.3) is 0 Å². The van der Waals surface area contributed by atoms with Gasteiger partial charge in [-0.05, 0) is 39.8 Å². The lowest BCUT2D eigenvalue weighted by atomic mass is 10.2. The quantitative estimate of drug-likeness (QED) is 0.682. The normalized spacial score (nSPS) is 12.7. The molecule has 0 unspecified atom stereocenters. The standard InChI is InChI=1S/C13H17ClN2O3/c1-8(12(18)19-13(2,3)4)16-11(17)9-5-6-10(14)15-7-9/h5-8H,1-4H3,(H,16,17)/t8-/m0/s1. The number of hydrogen-bond acceptors (Lipinski definition) is 4. The molecule has 0 spiro atoms. The average Bonchev–Trinajstić information content (AvgIpc) is 2.27. The molecule has 0 saturated carbocycles. The minimum Gasteiger partial charge on any atom is -0.458 e. The van der Waals surface area contributed by atoms with Crippen LogP contribution in [0.15, 0.2) is 18.3 Å². The van der Waals surface area contributed by atoms with E-state index in [0.29, 0.717) is 10.7 Å². The number of nitrogens with zero attached hydrogens (tertiary/aromatic N) is 1. The van der Waals surface area contributed by atoms with Gasteiger partial charge in [0.25, 0.3) is 5.91 Å². The van der Waals surface area contributed by atoms with Gasteiger partial charge in [0.15, 0.2) is 0 Å². The first kappa shape index (κ1) is 15.4. The Morgan fingerprint density at radius 2 is 2.00 bits per heavy atom. The molecule has 6 heteroatoms. The van der Waals surface area contributed by atoms with E-state index < -0.39 is 23.5 Å². The highest BCUT2D eigenvalue weighted by Gasteiger charge is 2.23. The van der Waals surface area contributed by atoms with Gasteiger partial charge in [0.1, 0.15) is 16.8 Å². The van der Waals surface area contributed by atoms with E-state index in [-0.39, 0.29) is 0 Å². The fourth-order valence-corrected chi connectivity index (χ4v) is 1.35. The number of pyridine rings is 1. The van der Waals surface area contributed by atoms with Crippen molar-refractivity contribution in [3.63, 3.8) is 0 Å². The molecule has 0 aliphatic rings. The Labute approximate surface area is 117 Å². The zero-order valence-electron chi connectivity index (χ0n) is 11.4. The Morgan fingerprint density at radius 3 is 2.47 bits per heavy atom. The number of nitrogens with one attached hydrogen (secondary N) is 1. The molecule has 104 valence electrons. The van der Waals surface area contributed by atoms with Crippen molar-refractivity contribution in [1.82, 2.24) is 10.3 Å². The van der Waals surface area contributed by atoms with E-state index in [9.17, 15) is 9.59 Å². The van der Waals surface area contributed by atoms with Crippen molar-refractivity contribution in [1.29, 1.82) is 0 Å². The monoisotopic (exact) mass is 284 g/mol. The third-order valence-corrected chi connectivity index (χ3v) is 2.32. The van der Waals surface area contributed by atoms with Gasteiger partial charge >= 0.3 is 5.97 Å². The van der Waals surface area contributed by atoms with Gasteiger partial charge in [0.2, 0.25) is 0 Å². The third-order valence-electron chi connectivity index (χ3n) is 2.10. The highest BCUT2D eigenvalue weighted by Crippen LogP contribution is 2.09. The molecule has 19 heavy (non-hydrogen) atoms. The maximum atomic E-state index is 11.8. The van der Waals surface area contributed by atoms with Crippen molar-refractivity contribution >= 4 is 23.5 Å². The summed E-state index contributed by atoms with van der Waals surface area (Å²) in [4.78, 5) is 27.3. The Bertz CT molecular complexity index is 466. The molecule has 0 bridgehead atoms. The highest BCUT2D eigenvalue weighted by molar-refractivity contribution is 6.29. The molecule has 0 aliphatic carbocycles. The van der Waals surface area contributed by atoms with E-state index in [1.54, 1.807) is 27.7 Å². The van der Waals surface area contributed by atoms with E-state index in [0.717, 1.165) is 0 Å². The summed E-state index contributed by atoms with van der Waals surface area (Å²) < 4.78 is 5.16. The third kappa shape index (κ3) is 5.26. The van der Waals surface area contributed by atoms with Crippen LogP contribution < -0.4 is 5.32 Å². The van der Waals surface area contributed by atoms with Gasteiger partial charge in [-0.3, -0.25) is 4.79 Å². The van der Waals surface area contributed by atoms with E-state index in [2.05, 4.69) is 10.3 Å². The summed E-state index contributed by atoms with van der Waals surface area (Å²) in [6, 6.07) is 2.31. The second-order valence-corrected chi connectivity index (χ2v) is 5.49. The van der Waals surface area contributed by atoms with E-state index in [1.165, 1.54) is 18.3 Å². The van der Waals surface area contributed by atoms with Crippen LogP contribution >= 0.6 is 11.6 Å². The van der Waals surface area contributed by atoms with Gasteiger partial charge in [-0.25, -0.2) is 9.78 Å². The number of aromatic nitrogens is 1. The molecule has 1 N–H and O–H groups in total. The summed E-state index contributed by atoms with van der Waals surface area (Å²) >= 11 is 5.63. The van der Waals surface area contributed by atoms with Crippen molar-refractivity contribution in [2.45, 2.75) is 39.3 Å². The van der Waals surface area contributed by atoms with Gasteiger partial charge in [-0.15, -0.1) is 0 Å². The summed E-state index contributed by atoms with van der Waals surface area (Å²) in [5.41, 5.74) is -0.252. The van der Waals surface area contributed by atoms with Crippen molar-refractivity contribution in [3.8, 4) is 0 Å². The number of hydrogen-bond donors (Lipinski definition) is 1. The van der Waals surface area contributed by atoms with Gasteiger partial charge in [-0.2, -0.15) is 0 Å². The maximum absolute atomic E-state index is 11.8. The first-order chi connectivity index (χ1) is 8.69. The summed E-state index contributed by atoms with van der Waals surface area (Å²) in [5, 5.41) is 2.84. The fourth-order valence-electron chi connectivity index (χ4n) is 1.24. The molecule has 1 aromatic rings. The number of ether oxygens (including phenoxy) is 1. The van der Waals surface area contributed by atoms with Crippen LogP contribution in [0, 0.1) is 0 Å². The Balaban J connectivity index is 2.61. The molecule has 0 saturated heterocycles. The molecular weight excluding hydrogens is 268 g/mol. The second-order valence-electron chi connectivity index (χ2n) is 5.10. The summed E-state index contributed by atoms with van der Waals surface area (Å²) in [6.45, 7) is 6.86. The molecule has 1 atom stereocenters. The number of esters is 1. The van der Waals surface area contributed by atoms with Crippen LogP contribution in [0.3, 0.4) is 0 Å². The van der Waals surface area contributed by atoms with E-state index >= 15 is 0 Å². The van der Waals surface area contributed by atoms with Gasteiger partial charge < -0.3 is 10.1 Å². The van der Waals surface area contributed by atoms with E-state index in [4.69, 9.17) is 16.3 Å². The van der Waals surface area contributed by atoms with Gasteiger partial charge in [-0.1, -0.05) is 11.6 Å². The summed E-state index contributed by atoms with van der Waals surface area (Å²) in [5.74, 6) is -0.884. The van der Waals surface area contributed by atoms with Crippen LogP contribution in [0.2, 0.25) is 5.15 Å². The summed E-state index contributed by atoms with van der Waals surface area (Å²) in [6.07, 6.45) is 1.35. The number of carbonyl (C=O) groups excluding carboxylic acids is 2. The molecule has 1 heterocycles. The Kier molecular flexibility index (Phi) is 4.89. The lowest BCUT2D eigenvalue weighted by Gasteiger charge is -2.22. The minimum atomic E-state index is -0.734.